The second-order valence-corrected chi connectivity index (χ2v) is 7.78. The lowest BCUT2D eigenvalue weighted by Crippen LogP contribution is -2.29. The number of carboxylic acids is 1. The van der Waals surface area contributed by atoms with E-state index in [2.05, 4.69) is 27.0 Å². The second-order valence-electron chi connectivity index (χ2n) is 5.03. The molecule has 108 valence electrons. The highest BCUT2D eigenvalue weighted by atomic mass is 79.9. The molecule has 2 rings (SSSR count). The van der Waals surface area contributed by atoms with E-state index in [-0.39, 0.29) is 0 Å². The van der Waals surface area contributed by atoms with E-state index in [0.29, 0.717) is 5.69 Å². The van der Waals surface area contributed by atoms with Crippen LogP contribution >= 0.6 is 38.6 Å². The highest BCUT2D eigenvalue weighted by Gasteiger charge is 2.32. The number of anilines is 1. The van der Waals surface area contributed by atoms with E-state index in [0.717, 1.165) is 16.1 Å². The lowest BCUT2D eigenvalue weighted by atomic mass is 9.90. The molecule has 20 heavy (non-hydrogen) atoms. The zero-order valence-electron chi connectivity index (χ0n) is 11.4. The minimum atomic E-state index is -0.957. The number of carbonyl (C=O) groups is 1. The van der Waals surface area contributed by atoms with Gasteiger partial charge < -0.3 is 10.0 Å². The molecule has 0 aromatic carbocycles. The Labute approximate surface area is 134 Å². The van der Waals surface area contributed by atoms with Gasteiger partial charge in [0.1, 0.15) is 5.41 Å². The average Bonchev–Trinajstić information content (AvgIpc) is 2.98. The molecular weight excluding hydrogens is 360 g/mol. The predicted molar refractivity (Wildman–Crippen MR) is 86.9 cm³/mol. The van der Waals surface area contributed by atoms with E-state index in [9.17, 15) is 9.90 Å². The molecule has 2 aromatic heterocycles. The van der Waals surface area contributed by atoms with Crippen molar-refractivity contribution in [1.29, 1.82) is 0 Å². The lowest BCUT2D eigenvalue weighted by molar-refractivity contribution is -0.142. The van der Waals surface area contributed by atoms with E-state index >= 15 is 0 Å². The van der Waals surface area contributed by atoms with Gasteiger partial charge in [-0.25, -0.2) is 4.98 Å². The van der Waals surface area contributed by atoms with Crippen LogP contribution < -0.4 is 4.90 Å². The van der Waals surface area contributed by atoms with Crippen molar-refractivity contribution in [3.05, 3.63) is 31.9 Å². The summed E-state index contributed by atoms with van der Waals surface area (Å²) in [6.07, 6.45) is 0. The number of carboxylic acid groups (broad SMARTS) is 1. The molecular formula is C13H15BrN2O2S2. The lowest BCUT2D eigenvalue weighted by Gasteiger charge is -2.17. The fraction of sp³-hybridized carbons (Fsp3) is 0.385. The third-order valence-corrected chi connectivity index (χ3v) is 5.65. The van der Waals surface area contributed by atoms with E-state index in [4.69, 9.17) is 0 Å². The van der Waals surface area contributed by atoms with Gasteiger partial charge in [-0.3, -0.25) is 4.79 Å². The van der Waals surface area contributed by atoms with Crippen molar-refractivity contribution in [3.8, 4) is 0 Å². The van der Waals surface area contributed by atoms with Gasteiger partial charge in [-0.2, -0.15) is 0 Å². The molecule has 0 atom stereocenters. The van der Waals surface area contributed by atoms with Crippen molar-refractivity contribution in [2.75, 3.05) is 11.9 Å². The molecule has 0 aliphatic carbocycles. The molecule has 4 nitrogen and oxygen atoms in total. The predicted octanol–water partition coefficient (Wildman–Crippen LogP) is 3.97. The van der Waals surface area contributed by atoms with Crippen molar-refractivity contribution in [2.45, 2.75) is 25.8 Å². The van der Waals surface area contributed by atoms with Gasteiger partial charge in [0.25, 0.3) is 0 Å². The van der Waals surface area contributed by atoms with Crippen LogP contribution in [0.3, 0.4) is 0 Å². The topological polar surface area (TPSA) is 53.4 Å². The number of hydrogen-bond acceptors (Lipinski definition) is 5. The van der Waals surface area contributed by atoms with E-state index in [1.807, 2.05) is 22.7 Å². The van der Waals surface area contributed by atoms with E-state index < -0.39 is 11.4 Å². The van der Waals surface area contributed by atoms with Gasteiger partial charge >= 0.3 is 5.97 Å². The smallest absolute Gasteiger partial charge is 0.315 e. The van der Waals surface area contributed by atoms with Crippen LogP contribution in [0.25, 0.3) is 0 Å². The minimum Gasteiger partial charge on any atom is -0.481 e. The number of halogens is 1. The Morgan fingerprint density at radius 3 is 2.70 bits per heavy atom. The molecule has 0 aliphatic heterocycles. The fourth-order valence-electron chi connectivity index (χ4n) is 1.57. The molecule has 0 aliphatic rings. The summed E-state index contributed by atoms with van der Waals surface area (Å²) in [6.45, 7) is 4.10. The summed E-state index contributed by atoms with van der Waals surface area (Å²) in [5.41, 5.74) is -0.356. The molecule has 0 fully saturated rings. The van der Waals surface area contributed by atoms with Crippen LogP contribution in [0.15, 0.2) is 21.3 Å². The average molecular weight is 375 g/mol. The molecule has 2 heterocycles. The first-order valence-corrected chi connectivity index (χ1v) is 8.49. The molecule has 0 radical (unpaired) electrons. The Bertz CT molecular complexity index is 621. The summed E-state index contributed by atoms with van der Waals surface area (Å²) in [5.74, 6) is -0.862. The molecule has 1 N–H and O–H groups in total. The van der Waals surface area contributed by atoms with E-state index in [1.165, 1.54) is 16.2 Å². The molecule has 7 heteroatoms. The fourth-order valence-corrected chi connectivity index (χ4v) is 4.04. The standard InChI is InChI=1S/C13H15BrN2O2S2/c1-13(2,11(17)18)10-7-20-12(15-10)16(3)5-9-4-8(14)6-19-9/h4,6-7H,5H2,1-3H3,(H,17,18). The first-order chi connectivity index (χ1) is 9.30. The number of aliphatic carboxylic acids is 1. The molecule has 2 aromatic rings. The largest absolute Gasteiger partial charge is 0.481 e. The second kappa shape index (κ2) is 5.83. The first kappa shape index (κ1) is 15.5. The quantitative estimate of drug-likeness (QED) is 0.859. The third-order valence-electron chi connectivity index (χ3n) is 3.01. The molecule has 0 unspecified atom stereocenters. The zero-order chi connectivity index (χ0) is 14.9. The normalized spacial score (nSPS) is 11.6. The van der Waals surface area contributed by atoms with Crippen LogP contribution in [-0.4, -0.2) is 23.1 Å². The van der Waals surface area contributed by atoms with Crippen LogP contribution in [0, 0.1) is 0 Å². The summed E-state index contributed by atoms with van der Waals surface area (Å²) in [7, 11) is 1.96. The Kier molecular flexibility index (Phi) is 4.51. The van der Waals surface area contributed by atoms with Gasteiger partial charge in [0.15, 0.2) is 5.13 Å². The highest BCUT2D eigenvalue weighted by Crippen LogP contribution is 2.30. The van der Waals surface area contributed by atoms with Crippen molar-refractivity contribution < 1.29 is 9.90 Å². The number of thiazole rings is 1. The van der Waals surface area contributed by atoms with Crippen LogP contribution in [0.4, 0.5) is 5.13 Å². The van der Waals surface area contributed by atoms with Gasteiger partial charge in [0, 0.05) is 27.2 Å². The highest BCUT2D eigenvalue weighted by molar-refractivity contribution is 9.10. The van der Waals surface area contributed by atoms with Gasteiger partial charge in [-0.1, -0.05) is 0 Å². The van der Waals surface area contributed by atoms with Gasteiger partial charge in [-0.15, -0.1) is 22.7 Å². The Morgan fingerprint density at radius 2 is 2.15 bits per heavy atom. The summed E-state index contributed by atoms with van der Waals surface area (Å²) >= 11 is 6.59. The van der Waals surface area contributed by atoms with Gasteiger partial charge in [0.05, 0.1) is 12.2 Å². The summed E-state index contributed by atoms with van der Waals surface area (Å²) in [5, 5.41) is 13.9. The molecule has 0 bridgehead atoms. The minimum absolute atomic E-state index is 0.601. The Balaban J connectivity index is 2.14. The molecule has 0 saturated carbocycles. The molecule has 0 spiro atoms. The number of rotatable bonds is 5. The zero-order valence-corrected chi connectivity index (χ0v) is 14.6. The number of hydrogen-bond donors (Lipinski definition) is 1. The number of aromatic nitrogens is 1. The van der Waals surface area contributed by atoms with Gasteiger partial charge in [0.2, 0.25) is 0 Å². The first-order valence-electron chi connectivity index (χ1n) is 5.94. The van der Waals surface area contributed by atoms with Crippen molar-refractivity contribution in [3.63, 3.8) is 0 Å². The van der Waals surface area contributed by atoms with Crippen molar-refractivity contribution in [1.82, 2.24) is 4.98 Å². The molecule has 0 saturated heterocycles. The maximum atomic E-state index is 11.2. The summed E-state index contributed by atoms with van der Waals surface area (Å²) in [6, 6.07) is 2.08. The van der Waals surface area contributed by atoms with E-state index in [1.54, 1.807) is 25.2 Å². The van der Waals surface area contributed by atoms with Crippen LogP contribution in [0.2, 0.25) is 0 Å². The van der Waals surface area contributed by atoms with Gasteiger partial charge in [-0.05, 0) is 35.8 Å². The van der Waals surface area contributed by atoms with Crippen LogP contribution in [0.1, 0.15) is 24.4 Å². The Hall–Kier alpha value is -0.920. The van der Waals surface area contributed by atoms with Crippen LogP contribution in [-0.2, 0) is 16.8 Å². The summed E-state index contributed by atoms with van der Waals surface area (Å²) in [4.78, 5) is 19.0. The van der Waals surface area contributed by atoms with Crippen LogP contribution in [0.5, 0.6) is 0 Å². The summed E-state index contributed by atoms with van der Waals surface area (Å²) < 4.78 is 1.08. The number of thiophene rings is 1. The SMILES string of the molecule is CN(Cc1cc(Br)cs1)c1nc(C(C)(C)C(=O)O)cs1. The maximum Gasteiger partial charge on any atom is 0.315 e. The maximum absolute atomic E-state index is 11.2. The monoisotopic (exact) mass is 374 g/mol. The third kappa shape index (κ3) is 3.21. The van der Waals surface area contributed by atoms with Crippen molar-refractivity contribution in [2.24, 2.45) is 0 Å². The molecule has 0 amide bonds. The number of nitrogens with zero attached hydrogens (tertiary/aromatic N) is 2. The Morgan fingerprint density at radius 1 is 1.45 bits per heavy atom. The van der Waals surface area contributed by atoms with Crippen molar-refractivity contribution >= 4 is 49.7 Å².